The fourth-order valence-corrected chi connectivity index (χ4v) is 3.20. The quantitative estimate of drug-likeness (QED) is 0.565. The highest BCUT2D eigenvalue weighted by molar-refractivity contribution is 7.98. The average Bonchev–Trinajstić information content (AvgIpc) is 2.71. The molecule has 0 saturated heterocycles. The lowest BCUT2D eigenvalue weighted by Crippen LogP contribution is -2.43. The van der Waals surface area contributed by atoms with Crippen LogP contribution in [0.25, 0.3) is 0 Å². The molecule has 2 aromatic rings. The maximum atomic E-state index is 13.8. The van der Waals surface area contributed by atoms with Gasteiger partial charge in [-0.3, -0.25) is 9.59 Å². The van der Waals surface area contributed by atoms with E-state index < -0.39 is 36.2 Å². The molecule has 0 heterocycles. The Hall–Kier alpha value is -2.58. The van der Waals surface area contributed by atoms with Crippen LogP contribution in [0.5, 0.6) is 0 Å². The number of halogens is 2. The Morgan fingerprint density at radius 3 is 2.60 bits per heavy atom. The fraction of sp³-hybridized carbons (Fsp3) is 0.286. The van der Waals surface area contributed by atoms with Crippen molar-refractivity contribution >= 4 is 46.8 Å². The Kier molecular flexibility index (Phi) is 9.14. The van der Waals surface area contributed by atoms with Crippen molar-refractivity contribution in [2.45, 2.75) is 19.4 Å². The Morgan fingerprint density at radius 2 is 1.93 bits per heavy atom. The summed E-state index contributed by atoms with van der Waals surface area (Å²) >= 11 is 7.52. The van der Waals surface area contributed by atoms with E-state index in [1.165, 1.54) is 30.0 Å². The summed E-state index contributed by atoms with van der Waals surface area (Å²) < 4.78 is 18.9. The van der Waals surface area contributed by atoms with Gasteiger partial charge in [-0.25, -0.2) is 9.18 Å². The van der Waals surface area contributed by atoms with Gasteiger partial charge in [0, 0.05) is 0 Å². The first-order valence-corrected chi connectivity index (χ1v) is 10.9. The third-order valence-corrected chi connectivity index (χ3v) is 5.04. The van der Waals surface area contributed by atoms with Gasteiger partial charge in [-0.15, -0.1) is 0 Å². The molecular formula is C21H22ClFN2O4S. The lowest BCUT2D eigenvalue weighted by atomic mass is 10.1. The molecule has 30 heavy (non-hydrogen) atoms. The highest BCUT2D eigenvalue weighted by atomic mass is 35.5. The number of carbonyl (C=O) groups excluding carboxylic acids is 3. The SMILES string of the molecule is CSCCC(NC(=O)c1ccccc1Cl)C(=O)OCC(=O)Nc1ccc(C)cc1F. The van der Waals surface area contributed by atoms with Crippen LogP contribution in [0.1, 0.15) is 22.3 Å². The van der Waals surface area contributed by atoms with Crippen LogP contribution in [0.3, 0.4) is 0 Å². The van der Waals surface area contributed by atoms with E-state index in [2.05, 4.69) is 10.6 Å². The first-order valence-electron chi connectivity index (χ1n) is 9.08. The van der Waals surface area contributed by atoms with Crippen LogP contribution >= 0.6 is 23.4 Å². The summed E-state index contributed by atoms with van der Waals surface area (Å²) in [5.41, 5.74) is 0.934. The number of aryl methyl sites for hydroxylation is 1. The highest BCUT2D eigenvalue weighted by Gasteiger charge is 2.24. The molecular weight excluding hydrogens is 431 g/mol. The number of esters is 1. The number of thioether (sulfide) groups is 1. The summed E-state index contributed by atoms with van der Waals surface area (Å²) in [6, 6.07) is 9.86. The van der Waals surface area contributed by atoms with Crippen LogP contribution in [0, 0.1) is 12.7 Å². The number of carbonyl (C=O) groups is 3. The number of ether oxygens (including phenoxy) is 1. The number of amides is 2. The van der Waals surface area contributed by atoms with Crippen molar-refractivity contribution in [2.24, 2.45) is 0 Å². The molecule has 0 aliphatic carbocycles. The number of hydrogen-bond donors (Lipinski definition) is 2. The molecule has 0 aliphatic rings. The van der Waals surface area contributed by atoms with Crippen molar-refractivity contribution in [3.8, 4) is 0 Å². The van der Waals surface area contributed by atoms with Gasteiger partial charge >= 0.3 is 5.97 Å². The molecule has 0 fully saturated rings. The molecule has 0 bridgehead atoms. The number of hydrogen-bond acceptors (Lipinski definition) is 5. The Morgan fingerprint density at radius 1 is 1.20 bits per heavy atom. The average molecular weight is 453 g/mol. The molecule has 1 atom stereocenters. The molecule has 160 valence electrons. The molecule has 2 rings (SSSR count). The smallest absolute Gasteiger partial charge is 0.329 e. The predicted molar refractivity (Wildman–Crippen MR) is 116 cm³/mol. The third kappa shape index (κ3) is 7.03. The van der Waals surface area contributed by atoms with E-state index >= 15 is 0 Å². The second kappa shape index (κ2) is 11.6. The van der Waals surface area contributed by atoms with E-state index in [0.717, 1.165) is 0 Å². The van der Waals surface area contributed by atoms with E-state index in [0.29, 0.717) is 17.7 Å². The van der Waals surface area contributed by atoms with Gasteiger partial charge in [0.2, 0.25) is 0 Å². The highest BCUT2D eigenvalue weighted by Crippen LogP contribution is 2.16. The van der Waals surface area contributed by atoms with E-state index in [1.807, 2.05) is 6.26 Å². The largest absolute Gasteiger partial charge is 0.454 e. The number of anilines is 1. The van der Waals surface area contributed by atoms with Crippen LogP contribution < -0.4 is 10.6 Å². The van der Waals surface area contributed by atoms with Crippen molar-refractivity contribution in [2.75, 3.05) is 23.9 Å². The lowest BCUT2D eigenvalue weighted by Gasteiger charge is -2.18. The molecule has 1 unspecified atom stereocenters. The maximum absolute atomic E-state index is 13.8. The van der Waals surface area contributed by atoms with Gasteiger partial charge in [-0.05, 0) is 55.2 Å². The summed E-state index contributed by atoms with van der Waals surface area (Å²) in [5.74, 6) is -1.96. The van der Waals surface area contributed by atoms with E-state index in [4.69, 9.17) is 16.3 Å². The minimum atomic E-state index is -0.954. The molecule has 6 nitrogen and oxygen atoms in total. The molecule has 0 aromatic heterocycles. The molecule has 0 saturated carbocycles. The third-order valence-electron chi connectivity index (χ3n) is 4.06. The summed E-state index contributed by atoms with van der Waals surface area (Å²) in [4.78, 5) is 36.9. The topological polar surface area (TPSA) is 84.5 Å². The van der Waals surface area contributed by atoms with Crippen LogP contribution in [0.15, 0.2) is 42.5 Å². The van der Waals surface area contributed by atoms with E-state index in [-0.39, 0.29) is 16.3 Å². The van der Waals surface area contributed by atoms with Crippen LogP contribution in [0.2, 0.25) is 5.02 Å². The molecule has 2 aromatic carbocycles. The van der Waals surface area contributed by atoms with Gasteiger partial charge in [0.1, 0.15) is 11.9 Å². The molecule has 9 heteroatoms. The van der Waals surface area contributed by atoms with Gasteiger partial charge in [-0.1, -0.05) is 29.8 Å². The maximum Gasteiger partial charge on any atom is 0.329 e. The minimum absolute atomic E-state index is 0.00685. The van der Waals surface area contributed by atoms with Crippen LogP contribution in [-0.4, -0.2) is 42.4 Å². The second-order valence-electron chi connectivity index (χ2n) is 6.43. The van der Waals surface area contributed by atoms with Gasteiger partial charge in [-0.2, -0.15) is 11.8 Å². The van der Waals surface area contributed by atoms with Crippen LogP contribution in [0.4, 0.5) is 10.1 Å². The number of rotatable bonds is 9. The van der Waals surface area contributed by atoms with Gasteiger partial charge in [0.15, 0.2) is 6.61 Å². The van der Waals surface area contributed by atoms with E-state index in [1.54, 1.807) is 31.2 Å². The van der Waals surface area contributed by atoms with Crippen LogP contribution in [-0.2, 0) is 14.3 Å². The predicted octanol–water partition coefficient (Wildman–Crippen LogP) is 3.82. The lowest BCUT2D eigenvalue weighted by molar-refractivity contribution is -0.149. The number of nitrogens with one attached hydrogen (secondary N) is 2. The van der Waals surface area contributed by atoms with Crippen molar-refractivity contribution < 1.29 is 23.5 Å². The Labute approximate surface area is 183 Å². The van der Waals surface area contributed by atoms with Crippen molar-refractivity contribution in [3.05, 3.63) is 64.4 Å². The van der Waals surface area contributed by atoms with Gasteiger partial charge in [0.05, 0.1) is 16.3 Å². The minimum Gasteiger partial charge on any atom is -0.454 e. The number of benzene rings is 2. The standard InChI is InChI=1S/C21H22ClFN2O4S/c1-13-7-8-17(16(23)11-13)24-19(26)12-29-21(28)18(9-10-30-2)25-20(27)14-5-3-4-6-15(14)22/h3-8,11,18H,9-10,12H2,1-2H3,(H,24,26)(H,25,27). The summed E-state index contributed by atoms with van der Waals surface area (Å²) in [5, 5.41) is 5.20. The molecule has 2 amide bonds. The Bertz CT molecular complexity index is 926. The fourth-order valence-electron chi connectivity index (χ4n) is 2.51. The zero-order valence-electron chi connectivity index (χ0n) is 16.5. The zero-order chi connectivity index (χ0) is 22.1. The monoisotopic (exact) mass is 452 g/mol. The second-order valence-corrected chi connectivity index (χ2v) is 7.82. The summed E-state index contributed by atoms with van der Waals surface area (Å²) in [7, 11) is 0. The first kappa shape index (κ1) is 23.7. The van der Waals surface area contributed by atoms with Crippen molar-refractivity contribution in [1.82, 2.24) is 5.32 Å². The first-order chi connectivity index (χ1) is 14.3. The molecule has 0 radical (unpaired) electrons. The zero-order valence-corrected chi connectivity index (χ0v) is 18.1. The normalized spacial score (nSPS) is 11.5. The van der Waals surface area contributed by atoms with Gasteiger partial charge in [0.25, 0.3) is 11.8 Å². The molecule has 0 aliphatic heterocycles. The Balaban J connectivity index is 1.96. The van der Waals surface area contributed by atoms with Crippen molar-refractivity contribution in [3.63, 3.8) is 0 Å². The van der Waals surface area contributed by atoms with Crippen molar-refractivity contribution in [1.29, 1.82) is 0 Å². The molecule has 2 N–H and O–H groups in total. The molecule has 0 spiro atoms. The van der Waals surface area contributed by atoms with Gasteiger partial charge < -0.3 is 15.4 Å². The van der Waals surface area contributed by atoms with E-state index in [9.17, 15) is 18.8 Å². The summed E-state index contributed by atoms with van der Waals surface area (Å²) in [6.45, 7) is 1.12. The summed E-state index contributed by atoms with van der Waals surface area (Å²) in [6.07, 6.45) is 2.17.